The van der Waals surface area contributed by atoms with Crippen molar-refractivity contribution in [2.45, 2.75) is 20.4 Å². The molecule has 0 aliphatic carbocycles. The maximum absolute atomic E-state index is 5.82. The molecule has 19 heavy (non-hydrogen) atoms. The van der Waals surface area contributed by atoms with Gasteiger partial charge in [-0.2, -0.15) is 0 Å². The number of nitrogens with zero attached hydrogens (tertiary/aromatic N) is 1. The van der Waals surface area contributed by atoms with Crippen molar-refractivity contribution >= 4 is 5.69 Å². The molecule has 1 aromatic carbocycles. The Morgan fingerprint density at radius 1 is 1.26 bits per heavy atom. The number of anilines is 1. The molecule has 1 aliphatic rings. The van der Waals surface area contributed by atoms with Crippen molar-refractivity contribution < 1.29 is 4.74 Å². The fourth-order valence-electron chi connectivity index (χ4n) is 2.38. The molecule has 4 nitrogen and oxygen atoms in total. The summed E-state index contributed by atoms with van der Waals surface area (Å²) in [6.07, 6.45) is 0. The number of piperazine rings is 1. The lowest BCUT2D eigenvalue weighted by atomic mass is 10.1. The third kappa shape index (κ3) is 3.85. The van der Waals surface area contributed by atoms with E-state index in [2.05, 4.69) is 40.7 Å². The Kier molecular flexibility index (Phi) is 5.48. The first-order chi connectivity index (χ1) is 9.35. The van der Waals surface area contributed by atoms with Crippen LogP contribution in [0.3, 0.4) is 0 Å². The monoisotopic (exact) mass is 263 g/mol. The molecule has 0 amide bonds. The van der Waals surface area contributed by atoms with E-state index in [-0.39, 0.29) is 0 Å². The predicted octanol–water partition coefficient (Wildman–Crippen LogP) is 1.60. The first kappa shape index (κ1) is 14.2. The van der Waals surface area contributed by atoms with Crippen LogP contribution < -0.4 is 20.3 Å². The standard InChI is InChI=1S/C15H25N3O/c1-3-16-12-13-5-6-14(15(11-13)19-4-2)18-9-7-17-8-10-18/h5-6,11,16-17H,3-4,7-10,12H2,1-2H3. The molecular weight excluding hydrogens is 238 g/mol. The Balaban J connectivity index is 2.16. The minimum absolute atomic E-state index is 0.712. The van der Waals surface area contributed by atoms with E-state index in [0.717, 1.165) is 45.0 Å². The van der Waals surface area contributed by atoms with Crippen LogP contribution in [0.2, 0.25) is 0 Å². The Bertz CT molecular complexity index is 389. The van der Waals surface area contributed by atoms with Crippen LogP contribution in [0.4, 0.5) is 5.69 Å². The summed E-state index contributed by atoms with van der Waals surface area (Å²) in [5, 5.41) is 6.74. The van der Waals surface area contributed by atoms with Crippen LogP contribution >= 0.6 is 0 Å². The number of rotatable bonds is 6. The van der Waals surface area contributed by atoms with E-state index < -0.39 is 0 Å². The third-order valence-electron chi connectivity index (χ3n) is 3.36. The van der Waals surface area contributed by atoms with Crippen molar-refractivity contribution in [1.29, 1.82) is 0 Å². The van der Waals surface area contributed by atoms with Crippen molar-refractivity contribution in [3.8, 4) is 5.75 Å². The van der Waals surface area contributed by atoms with Gasteiger partial charge in [0.05, 0.1) is 12.3 Å². The quantitative estimate of drug-likeness (QED) is 0.817. The molecule has 1 aromatic rings. The average Bonchev–Trinajstić information content (AvgIpc) is 2.46. The Morgan fingerprint density at radius 3 is 2.74 bits per heavy atom. The highest BCUT2D eigenvalue weighted by Crippen LogP contribution is 2.30. The molecule has 1 saturated heterocycles. The van der Waals surface area contributed by atoms with E-state index >= 15 is 0 Å². The molecule has 0 aromatic heterocycles. The third-order valence-corrected chi connectivity index (χ3v) is 3.36. The molecule has 0 unspecified atom stereocenters. The van der Waals surface area contributed by atoms with Crippen LogP contribution in [-0.2, 0) is 6.54 Å². The second-order valence-electron chi connectivity index (χ2n) is 4.75. The SMILES string of the molecule is CCNCc1ccc(N2CCNCC2)c(OCC)c1. The summed E-state index contributed by atoms with van der Waals surface area (Å²) in [6, 6.07) is 6.56. The fraction of sp³-hybridized carbons (Fsp3) is 0.600. The van der Waals surface area contributed by atoms with Gasteiger partial charge in [0.15, 0.2) is 0 Å². The summed E-state index contributed by atoms with van der Waals surface area (Å²) >= 11 is 0. The lowest BCUT2D eigenvalue weighted by Gasteiger charge is -2.31. The van der Waals surface area contributed by atoms with Gasteiger partial charge in [-0.1, -0.05) is 13.0 Å². The van der Waals surface area contributed by atoms with E-state index in [9.17, 15) is 0 Å². The summed E-state index contributed by atoms with van der Waals surface area (Å²) in [4.78, 5) is 2.40. The molecule has 1 fully saturated rings. The molecule has 0 saturated carbocycles. The summed E-state index contributed by atoms with van der Waals surface area (Å²) in [5.41, 5.74) is 2.51. The van der Waals surface area contributed by atoms with E-state index in [1.165, 1.54) is 11.3 Å². The first-order valence-electron chi connectivity index (χ1n) is 7.27. The molecule has 2 N–H and O–H groups in total. The number of nitrogens with one attached hydrogen (secondary N) is 2. The Morgan fingerprint density at radius 2 is 2.05 bits per heavy atom. The van der Waals surface area contributed by atoms with Gasteiger partial charge < -0.3 is 20.3 Å². The topological polar surface area (TPSA) is 36.5 Å². The molecule has 1 heterocycles. The zero-order valence-corrected chi connectivity index (χ0v) is 12.0. The van der Waals surface area contributed by atoms with E-state index in [1.54, 1.807) is 0 Å². The highest BCUT2D eigenvalue weighted by molar-refractivity contribution is 5.60. The van der Waals surface area contributed by atoms with Gasteiger partial charge in [0.25, 0.3) is 0 Å². The van der Waals surface area contributed by atoms with Crippen molar-refractivity contribution in [3.05, 3.63) is 23.8 Å². The summed E-state index contributed by atoms with van der Waals surface area (Å²) in [7, 11) is 0. The number of ether oxygens (including phenoxy) is 1. The predicted molar refractivity (Wildman–Crippen MR) is 80.1 cm³/mol. The molecule has 0 bridgehead atoms. The highest BCUT2D eigenvalue weighted by atomic mass is 16.5. The molecule has 0 atom stereocenters. The van der Waals surface area contributed by atoms with Gasteiger partial charge in [0.1, 0.15) is 5.75 Å². The number of benzene rings is 1. The average molecular weight is 263 g/mol. The Labute approximate surface area is 116 Å². The van der Waals surface area contributed by atoms with E-state index in [4.69, 9.17) is 4.74 Å². The summed E-state index contributed by atoms with van der Waals surface area (Å²) in [5.74, 6) is 1.01. The van der Waals surface area contributed by atoms with Gasteiger partial charge >= 0.3 is 0 Å². The first-order valence-corrected chi connectivity index (χ1v) is 7.27. The zero-order valence-electron chi connectivity index (χ0n) is 12.0. The fourth-order valence-corrected chi connectivity index (χ4v) is 2.38. The lowest BCUT2D eigenvalue weighted by molar-refractivity contribution is 0.339. The van der Waals surface area contributed by atoms with Gasteiger partial charge in [-0.15, -0.1) is 0 Å². The minimum atomic E-state index is 0.712. The van der Waals surface area contributed by atoms with Crippen molar-refractivity contribution in [3.63, 3.8) is 0 Å². The maximum Gasteiger partial charge on any atom is 0.142 e. The smallest absolute Gasteiger partial charge is 0.142 e. The van der Waals surface area contributed by atoms with Crippen LogP contribution in [0.25, 0.3) is 0 Å². The normalized spacial score (nSPS) is 15.6. The number of hydrogen-bond acceptors (Lipinski definition) is 4. The number of hydrogen-bond donors (Lipinski definition) is 2. The van der Waals surface area contributed by atoms with Gasteiger partial charge in [0.2, 0.25) is 0 Å². The molecule has 2 rings (SSSR count). The van der Waals surface area contributed by atoms with Crippen LogP contribution in [0, 0.1) is 0 Å². The van der Waals surface area contributed by atoms with Crippen molar-refractivity contribution in [1.82, 2.24) is 10.6 Å². The second-order valence-corrected chi connectivity index (χ2v) is 4.75. The van der Waals surface area contributed by atoms with Gasteiger partial charge in [0, 0.05) is 32.7 Å². The van der Waals surface area contributed by atoms with Crippen LogP contribution in [0.15, 0.2) is 18.2 Å². The second kappa shape index (κ2) is 7.36. The maximum atomic E-state index is 5.82. The van der Waals surface area contributed by atoms with E-state index in [1.807, 2.05) is 6.92 Å². The van der Waals surface area contributed by atoms with Crippen LogP contribution in [0.5, 0.6) is 5.75 Å². The zero-order chi connectivity index (χ0) is 13.5. The molecule has 1 aliphatic heterocycles. The molecule has 106 valence electrons. The lowest BCUT2D eigenvalue weighted by Crippen LogP contribution is -2.43. The largest absolute Gasteiger partial charge is 0.492 e. The van der Waals surface area contributed by atoms with Crippen molar-refractivity contribution in [2.75, 3.05) is 44.2 Å². The molecular formula is C15H25N3O. The van der Waals surface area contributed by atoms with Crippen molar-refractivity contribution in [2.24, 2.45) is 0 Å². The van der Waals surface area contributed by atoms with Crippen LogP contribution in [-0.4, -0.2) is 39.3 Å². The molecule has 0 spiro atoms. The minimum Gasteiger partial charge on any atom is -0.492 e. The van der Waals surface area contributed by atoms with E-state index in [0.29, 0.717) is 6.61 Å². The van der Waals surface area contributed by atoms with Crippen LogP contribution in [0.1, 0.15) is 19.4 Å². The van der Waals surface area contributed by atoms with Gasteiger partial charge in [-0.25, -0.2) is 0 Å². The molecule has 4 heteroatoms. The Hall–Kier alpha value is -1.26. The summed E-state index contributed by atoms with van der Waals surface area (Å²) < 4.78 is 5.82. The van der Waals surface area contributed by atoms with Gasteiger partial charge in [-0.05, 0) is 31.2 Å². The molecule has 0 radical (unpaired) electrons. The highest BCUT2D eigenvalue weighted by Gasteiger charge is 2.15. The summed E-state index contributed by atoms with van der Waals surface area (Å²) in [6.45, 7) is 11.0. The van der Waals surface area contributed by atoms with Gasteiger partial charge in [-0.3, -0.25) is 0 Å².